The van der Waals surface area contributed by atoms with Crippen molar-refractivity contribution in [2.45, 2.75) is 56.5 Å². The Kier molecular flexibility index (Phi) is 7.63. The summed E-state index contributed by atoms with van der Waals surface area (Å²) in [6, 6.07) is 12.7. The van der Waals surface area contributed by atoms with E-state index in [1.54, 1.807) is 45.3 Å². The minimum Gasteiger partial charge on any atom is -0.443 e. The molecule has 2 heterocycles. The Hall–Kier alpha value is -3.20. The second kappa shape index (κ2) is 10.4. The second-order valence-corrected chi connectivity index (χ2v) is 9.28. The number of para-hydroxylation sites is 1. The summed E-state index contributed by atoms with van der Waals surface area (Å²) in [7, 11) is 0. The summed E-state index contributed by atoms with van der Waals surface area (Å²) in [5, 5.41) is 11.2. The average Bonchev–Trinajstić information content (AvgIpc) is 3.17. The minimum absolute atomic E-state index is 0.160. The number of pyridine rings is 1. The van der Waals surface area contributed by atoms with Gasteiger partial charge in [0.15, 0.2) is 5.82 Å². The van der Waals surface area contributed by atoms with Gasteiger partial charge in [0.25, 0.3) is 0 Å². The Bertz CT molecular complexity index is 1050. The summed E-state index contributed by atoms with van der Waals surface area (Å²) in [6.45, 7) is 7.38. The van der Waals surface area contributed by atoms with E-state index in [9.17, 15) is 9.59 Å². The van der Waals surface area contributed by atoms with E-state index >= 15 is 0 Å². The highest BCUT2D eigenvalue weighted by Gasteiger charge is 2.29. The van der Waals surface area contributed by atoms with Crippen molar-refractivity contribution in [3.63, 3.8) is 0 Å². The molecule has 3 aromatic rings. The van der Waals surface area contributed by atoms with Gasteiger partial charge in [0.1, 0.15) is 5.60 Å². The van der Waals surface area contributed by atoms with Crippen LogP contribution in [0.2, 0.25) is 0 Å². The number of anilines is 1. The van der Waals surface area contributed by atoms with Gasteiger partial charge in [-0.1, -0.05) is 43.3 Å². The number of hydrogen-bond acceptors (Lipinski definition) is 7. The number of aromatic nitrogens is 4. The molecule has 3 rings (SSSR count). The number of nitrogens with zero attached hydrogens (tertiary/aromatic N) is 4. The molecule has 0 aliphatic heterocycles. The lowest BCUT2D eigenvalue weighted by atomic mass is 10.2. The Morgan fingerprint density at radius 3 is 2.41 bits per heavy atom. The molecule has 0 saturated heterocycles. The quantitative estimate of drug-likeness (QED) is 0.501. The number of benzene rings is 1. The lowest BCUT2D eigenvalue weighted by Crippen LogP contribution is -2.29. The van der Waals surface area contributed by atoms with Crippen LogP contribution in [-0.2, 0) is 9.53 Å². The first kappa shape index (κ1) is 23.5. The van der Waals surface area contributed by atoms with Gasteiger partial charge in [-0.2, -0.15) is 0 Å². The Balaban J connectivity index is 1.93. The van der Waals surface area contributed by atoms with Crippen molar-refractivity contribution in [2.75, 3.05) is 5.32 Å². The minimum atomic E-state index is -0.702. The number of thioether (sulfide) groups is 1. The Morgan fingerprint density at radius 2 is 1.78 bits per heavy atom. The fraction of sp³-hybridized carbons (Fsp3) is 0.348. The third-order valence-electron chi connectivity index (χ3n) is 4.28. The number of amides is 1. The molecule has 1 aromatic carbocycles. The van der Waals surface area contributed by atoms with Crippen LogP contribution in [0.3, 0.4) is 0 Å². The molecule has 0 fully saturated rings. The zero-order valence-electron chi connectivity index (χ0n) is 18.6. The summed E-state index contributed by atoms with van der Waals surface area (Å²) >= 11 is 1.20. The lowest BCUT2D eigenvalue weighted by molar-refractivity contribution is -0.115. The van der Waals surface area contributed by atoms with Crippen LogP contribution in [-0.4, -0.2) is 42.6 Å². The molecule has 0 bridgehead atoms. The number of nitrogens with one attached hydrogen (secondary N) is 1. The molecule has 1 atom stereocenters. The van der Waals surface area contributed by atoms with Crippen molar-refractivity contribution in [2.24, 2.45) is 0 Å². The maximum Gasteiger partial charge on any atom is 0.422 e. The van der Waals surface area contributed by atoms with Crippen LogP contribution >= 0.6 is 11.8 Å². The van der Waals surface area contributed by atoms with Crippen LogP contribution in [0.5, 0.6) is 0 Å². The third-order valence-corrected chi connectivity index (χ3v) is 5.49. The average molecular weight is 454 g/mol. The molecule has 32 heavy (non-hydrogen) atoms. The molecule has 168 valence electrons. The summed E-state index contributed by atoms with van der Waals surface area (Å²) in [5.74, 6) is 0.176. The van der Waals surface area contributed by atoms with Crippen LogP contribution in [0.25, 0.3) is 11.4 Å². The van der Waals surface area contributed by atoms with E-state index in [-0.39, 0.29) is 5.91 Å². The van der Waals surface area contributed by atoms with Gasteiger partial charge in [-0.05, 0) is 51.5 Å². The highest BCUT2D eigenvalue weighted by Crippen LogP contribution is 2.30. The molecule has 0 radical (unpaired) electrons. The number of carbonyl (C=O) groups excluding carboxylic acids is 2. The van der Waals surface area contributed by atoms with Crippen LogP contribution in [0.1, 0.15) is 40.5 Å². The van der Waals surface area contributed by atoms with E-state index in [2.05, 4.69) is 20.5 Å². The van der Waals surface area contributed by atoms with Crippen molar-refractivity contribution < 1.29 is 14.3 Å². The molecule has 9 heteroatoms. The highest BCUT2D eigenvalue weighted by molar-refractivity contribution is 8.00. The zero-order valence-corrected chi connectivity index (χ0v) is 19.4. The topological polar surface area (TPSA) is 99.0 Å². The molecule has 0 aliphatic carbocycles. The van der Waals surface area contributed by atoms with E-state index in [4.69, 9.17) is 4.74 Å². The third kappa shape index (κ3) is 6.16. The van der Waals surface area contributed by atoms with Crippen molar-refractivity contribution >= 4 is 29.4 Å². The maximum atomic E-state index is 13.1. The predicted octanol–water partition coefficient (Wildman–Crippen LogP) is 5.02. The van der Waals surface area contributed by atoms with Crippen molar-refractivity contribution in [1.29, 1.82) is 0 Å². The fourth-order valence-electron chi connectivity index (χ4n) is 2.88. The van der Waals surface area contributed by atoms with E-state index < -0.39 is 16.9 Å². The Morgan fingerprint density at radius 1 is 1.09 bits per heavy atom. The second-order valence-electron chi connectivity index (χ2n) is 8.11. The van der Waals surface area contributed by atoms with Crippen molar-refractivity contribution in [3.05, 3.63) is 54.9 Å². The molecular formula is C23H27N5O3S. The van der Waals surface area contributed by atoms with Gasteiger partial charge in [-0.3, -0.25) is 9.78 Å². The van der Waals surface area contributed by atoms with Crippen molar-refractivity contribution in [3.8, 4) is 11.4 Å². The van der Waals surface area contributed by atoms with Gasteiger partial charge < -0.3 is 10.1 Å². The largest absolute Gasteiger partial charge is 0.443 e. The molecule has 1 N–H and O–H groups in total. The summed E-state index contributed by atoms with van der Waals surface area (Å²) in [5.41, 5.74) is 0.683. The number of hydrogen-bond donors (Lipinski definition) is 1. The van der Waals surface area contributed by atoms with Gasteiger partial charge in [0, 0.05) is 23.6 Å². The molecule has 1 unspecified atom stereocenters. The standard InChI is InChI=1S/C23H27N5O3S/c1-5-9-18(20(29)25-17-10-7-6-8-11-17)32-21-27-26-19(16-12-14-24-15-13-16)28(21)22(30)31-23(2,3)4/h6-8,10-15,18H,5,9H2,1-4H3,(H,25,29). The van der Waals surface area contributed by atoms with Gasteiger partial charge in [-0.15, -0.1) is 10.2 Å². The summed E-state index contributed by atoms with van der Waals surface area (Å²) < 4.78 is 6.92. The number of ether oxygens (including phenoxy) is 1. The van der Waals surface area contributed by atoms with E-state index in [1.165, 1.54) is 16.3 Å². The first-order valence-corrected chi connectivity index (χ1v) is 11.3. The fourth-order valence-corrected chi connectivity index (χ4v) is 4.01. The van der Waals surface area contributed by atoms with Crippen LogP contribution in [0.15, 0.2) is 60.0 Å². The van der Waals surface area contributed by atoms with Gasteiger partial charge in [0.2, 0.25) is 11.1 Å². The van der Waals surface area contributed by atoms with E-state index in [0.717, 1.165) is 6.42 Å². The SMILES string of the molecule is CCCC(Sc1nnc(-c2ccncc2)n1C(=O)OC(C)(C)C)C(=O)Nc1ccccc1. The maximum absolute atomic E-state index is 13.1. The molecule has 8 nitrogen and oxygen atoms in total. The normalized spacial score (nSPS) is 12.2. The monoisotopic (exact) mass is 453 g/mol. The highest BCUT2D eigenvalue weighted by atomic mass is 32.2. The number of carbonyl (C=O) groups is 2. The van der Waals surface area contributed by atoms with E-state index in [1.807, 2.05) is 37.3 Å². The van der Waals surface area contributed by atoms with Gasteiger partial charge in [0.05, 0.1) is 5.25 Å². The zero-order chi connectivity index (χ0) is 23.1. The van der Waals surface area contributed by atoms with E-state index in [0.29, 0.717) is 28.7 Å². The van der Waals surface area contributed by atoms with Gasteiger partial charge in [-0.25, -0.2) is 9.36 Å². The Labute approximate surface area is 191 Å². The predicted molar refractivity (Wildman–Crippen MR) is 125 cm³/mol. The summed E-state index contributed by atoms with van der Waals surface area (Å²) in [4.78, 5) is 30.1. The first-order chi connectivity index (χ1) is 15.3. The number of rotatable bonds is 7. The van der Waals surface area contributed by atoms with Crippen LogP contribution in [0.4, 0.5) is 10.5 Å². The molecule has 2 aromatic heterocycles. The molecule has 1 amide bonds. The molecular weight excluding hydrogens is 426 g/mol. The summed E-state index contributed by atoms with van der Waals surface area (Å²) in [6.07, 6.45) is 4.02. The van der Waals surface area contributed by atoms with Crippen molar-refractivity contribution in [1.82, 2.24) is 19.7 Å². The first-order valence-electron chi connectivity index (χ1n) is 10.4. The molecule has 0 aliphatic rings. The molecule has 0 saturated carbocycles. The van der Waals surface area contributed by atoms with Gasteiger partial charge >= 0.3 is 6.09 Å². The van der Waals surface area contributed by atoms with Crippen LogP contribution < -0.4 is 5.32 Å². The van der Waals surface area contributed by atoms with Crippen LogP contribution in [0, 0.1) is 0 Å². The lowest BCUT2D eigenvalue weighted by Gasteiger charge is -2.21. The molecule has 0 spiro atoms. The smallest absolute Gasteiger partial charge is 0.422 e.